The zero-order valence-corrected chi connectivity index (χ0v) is 49.8. The first kappa shape index (κ1) is 65.7. The zero-order valence-electron chi connectivity index (χ0n) is 49.8. The fourth-order valence-corrected chi connectivity index (χ4v) is 8.56. The van der Waals surface area contributed by atoms with E-state index in [1.54, 1.807) is 53.0 Å². The molecule has 0 aliphatic carbocycles. The molecule has 466 valence electrons. The van der Waals surface area contributed by atoms with E-state index >= 15 is 0 Å². The summed E-state index contributed by atoms with van der Waals surface area (Å²) in [7, 11) is 13.4. The van der Waals surface area contributed by atoms with E-state index in [9.17, 15) is 52.7 Å². The fourth-order valence-electron chi connectivity index (χ4n) is 8.56. The largest absolute Gasteiger partial charge is 0.356 e. The van der Waals surface area contributed by atoms with Gasteiger partial charge in [-0.3, -0.25) is 52.7 Å². The van der Waals surface area contributed by atoms with Gasteiger partial charge in [0.15, 0.2) is 17.5 Å². The van der Waals surface area contributed by atoms with Gasteiger partial charge in [0, 0.05) is 138 Å². The minimum absolute atomic E-state index is 0.0186. The Kier molecular flexibility index (Phi) is 23.0. The van der Waals surface area contributed by atoms with Gasteiger partial charge in [-0.2, -0.15) is 0 Å². The first-order valence-corrected chi connectivity index (χ1v) is 27.4. The Morgan fingerprint density at radius 2 is 0.839 bits per heavy atom. The van der Waals surface area contributed by atoms with Gasteiger partial charge in [0.1, 0.15) is 17.1 Å². The number of nitrogens with two attached hydrogens (primary N) is 1. The van der Waals surface area contributed by atoms with Crippen molar-refractivity contribution < 1.29 is 52.7 Å². The third-order valence-electron chi connectivity index (χ3n) is 12.9. The average Bonchev–Trinajstić information content (AvgIpc) is 3.30. The van der Waals surface area contributed by atoms with Crippen molar-refractivity contribution in [2.45, 2.75) is 51.5 Å². The zero-order chi connectivity index (χ0) is 63.6. The van der Waals surface area contributed by atoms with E-state index in [0.717, 1.165) is 13.0 Å². The van der Waals surface area contributed by atoms with Crippen LogP contribution >= 0.6 is 0 Å². The predicted octanol–water partition coefficient (Wildman–Crippen LogP) is -0.453. The van der Waals surface area contributed by atoms with E-state index in [4.69, 9.17) is 5.73 Å². The van der Waals surface area contributed by atoms with Crippen LogP contribution in [-0.2, 0) is 66.3 Å². The molecule has 0 radical (unpaired) electrons. The van der Waals surface area contributed by atoms with Crippen LogP contribution in [0, 0.1) is 0 Å². The first-order valence-electron chi connectivity index (χ1n) is 27.4. The summed E-state index contributed by atoms with van der Waals surface area (Å²) in [6, 6.07) is 3.34. The highest BCUT2D eigenvalue weighted by Crippen LogP contribution is 2.19. The van der Waals surface area contributed by atoms with Crippen LogP contribution in [0.1, 0.15) is 109 Å². The summed E-state index contributed by atoms with van der Waals surface area (Å²) >= 11 is 0. The highest BCUT2D eigenvalue weighted by atomic mass is 16.2. The number of carbonyl (C=O) groups excluding carboxylic acids is 11. The highest BCUT2D eigenvalue weighted by Gasteiger charge is 2.23. The third kappa shape index (κ3) is 19.3. The second-order valence-electron chi connectivity index (χ2n) is 20.6. The van der Waals surface area contributed by atoms with Crippen LogP contribution < -0.4 is 64.2 Å². The van der Waals surface area contributed by atoms with Crippen LogP contribution in [0.5, 0.6) is 0 Å². The molecule has 0 spiro atoms. The molecular formula is C54H74N22O11. The molecule has 6 aromatic heterocycles. The summed E-state index contributed by atoms with van der Waals surface area (Å²) in [5, 5.41) is 29.4. The number of carbonyl (C=O) groups is 11. The normalized spacial score (nSPS) is 11.3. The Morgan fingerprint density at radius 3 is 1.32 bits per heavy atom. The van der Waals surface area contributed by atoms with E-state index in [0.29, 0.717) is 12.2 Å². The Morgan fingerprint density at radius 1 is 0.437 bits per heavy atom. The number of rotatable bonds is 30. The van der Waals surface area contributed by atoms with Crippen LogP contribution in [-0.4, -0.2) is 172 Å². The number of nitrogens with one attached hydrogen (secondary N) is 11. The molecule has 13 N–H and O–H groups in total. The van der Waals surface area contributed by atoms with Crippen molar-refractivity contribution in [2.75, 3.05) is 85.3 Å². The maximum absolute atomic E-state index is 13.3. The van der Waals surface area contributed by atoms with E-state index in [1.165, 1.54) is 78.9 Å². The van der Waals surface area contributed by atoms with E-state index in [-0.39, 0.29) is 133 Å². The summed E-state index contributed by atoms with van der Waals surface area (Å²) in [5.74, 6) is -4.96. The molecule has 33 nitrogen and oxygen atoms in total. The molecule has 0 saturated heterocycles. The number of hydrogen-bond acceptors (Lipinski definition) is 16. The molecule has 0 saturated carbocycles. The second-order valence-corrected chi connectivity index (χ2v) is 20.6. The van der Waals surface area contributed by atoms with Crippen LogP contribution in [0.4, 0.5) is 34.5 Å². The second kappa shape index (κ2) is 30.4. The van der Waals surface area contributed by atoms with Gasteiger partial charge in [-0.1, -0.05) is 0 Å². The molecule has 0 fully saturated rings. The summed E-state index contributed by atoms with van der Waals surface area (Å²) < 4.78 is 8.76. The van der Waals surface area contributed by atoms with Crippen LogP contribution in [0.15, 0.2) is 55.4 Å². The third-order valence-corrected chi connectivity index (χ3v) is 12.9. The Bertz CT molecular complexity index is 3540. The maximum atomic E-state index is 13.3. The highest BCUT2D eigenvalue weighted by molar-refractivity contribution is 6.05. The molecule has 0 unspecified atom stereocenters. The van der Waals surface area contributed by atoms with Gasteiger partial charge in [0.25, 0.3) is 35.4 Å². The average molecular weight is 1210 g/mol. The Balaban J connectivity index is 0.866. The lowest BCUT2D eigenvalue weighted by Crippen LogP contribution is -2.39. The van der Waals surface area contributed by atoms with Gasteiger partial charge >= 0.3 is 0 Å². The van der Waals surface area contributed by atoms with Crippen molar-refractivity contribution in [1.82, 2.24) is 73.8 Å². The number of anilines is 6. The van der Waals surface area contributed by atoms with Gasteiger partial charge in [-0.15, -0.1) is 0 Å². The molecule has 0 aliphatic rings. The van der Waals surface area contributed by atoms with Gasteiger partial charge in [-0.05, 0) is 58.1 Å². The molecule has 6 aromatic rings. The first-order chi connectivity index (χ1) is 41.2. The molecule has 6 rings (SSSR count). The topological polar surface area (TPSA) is 418 Å². The number of aryl methyl sites for hydroxylation is 6. The molecule has 0 aliphatic heterocycles. The Hall–Kier alpha value is -10.4. The Labute approximate surface area is 499 Å². The number of nitrogens with zero attached hydrogens (tertiary/aromatic N) is 10. The summed E-state index contributed by atoms with van der Waals surface area (Å²) in [6.07, 6.45) is 10.0. The van der Waals surface area contributed by atoms with Crippen LogP contribution in [0.2, 0.25) is 0 Å². The van der Waals surface area contributed by atoms with Crippen molar-refractivity contribution in [1.29, 1.82) is 0 Å². The molecule has 0 aromatic carbocycles. The van der Waals surface area contributed by atoms with Crippen molar-refractivity contribution in [2.24, 2.45) is 48.0 Å². The molecule has 87 heavy (non-hydrogen) atoms. The molecular weight excluding hydrogens is 1130 g/mol. The van der Waals surface area contributed by atoms with E-state index in [1.807, 2.05) is 19.0 Å². The van der Waals surface area contributed by atoms with Gasteiger partial charge in [0.2, 0.25) is 47.0 Å². The summed E-state index contributed by atoms with van der Waals surface area (Å²) in [4.78, 5) is 155. The molecule has 0 bridgehead atoms. The molecule has 1 atom stereocenters. The quantitative estimate of drug-likeness (QED) is 0.0254. The van der Waals surface area contributed by atoms with Crippen molar-refractivity contribution >= 4 is 99.5 Å². The number of imidazole rings is 3. The lowest BCUT2D eigenvalue weighted by atomic mass is 10.2. The maximum Gasteiger partial charge on any atom is 0.291 e. The standard InChI is InChI=1S/C54H74N22O11/c1-31(77)61-39-28-74(7)45(66-39)52(85)60-18-13-35(55)48(81)69-41-30-76(9)47(68-41)54(87)64-33-23-37(72(5)26-33)49(82)57-16-10-12-43(79)65-40-29-75(8)46(67-40)53(86)63-34-24-38(73(6)27-34)51(84)59-20-15-44(80)62-32-22-36(71(4)25-32)50(83)58-19-14-42(78)56-17-11-21-70(2)3/h22-30,35H,10-21,55H2,1-9H3,(H,56,78)(H,57,82)(H,58,83)(H,59,84)(H,60,85)(H,61,77)(H,62,80)(H,63,86)(H,64,87)(H,65,79)(H,69,81)/t35-/m1/s1. The minimum Gasteiger partial charge on any atom is -0.356 e. The molecule has 11 amide bonds. The van der Waals surface area contributed by atoms with Gasteiger partial charge in [0.05, 0.1) is 23.1 Å². The van der Waals surface area contributed by atoms with Crippen molar-refractivity contribution in [3.63, 3.8) is 0 Å². The summed E-state index contributed by atoms with van der Waals surface area (Å²) in [5.41, 5.74) is 7.62. The van der Waals surface area contributed by atoms with Crippen molar-refractivity contribution in [3.05, 3.63) is 89.9 Å². The number of amides is 11. The van der Waals surface area contributed by atoms with Gasteiger partial charge in [-0.25, -0.2) is 15.0 Å². The monoisotopic (exact) mass is 1210 g/mol. The molecule has 6 heterocycles. The fraction of sp³-hybridized carbons (Fsp3) is 0.407. The van der Waals surface area contributed by atoms with Crippen LogP contribution in [0.25, 0.3) is 0 Å². The van der Waals surface area contributed by atoms with E-state index in [2.05, 4.69) is 73.4 Å². The lowest BCUT2D eigenvalue weighted by molar-refractivity contribution is -0.121. The minimum atomic E-state index is -1.06. The SMILES string of the molecule is CC(=O)Nc1cn(C)c(C(=O)NCC[C@@H](N)C(=O)Nc2cn(C)c(C(=O)Nc3cc(C(=O)NCCCC(=O)Nc4cn(C)c(C(=O)Nc5cc(C(=O)NCCC(=O)Nc6cc(C(=O)NCCC(=O)NCCCN(C)C)n(C)c6)n(C)c5)n4)n(C)c3)n2)n1. The number of hydrogen-bond donors (Lipinski definition) is 12. The van der Waals surface area contributed by atoms with Crippen molar-refractivity contribution in [3.8, 4) is 0 Å². The predicted molar refractivity (Wildman–Crippen MR) is 319 cm³/mol. The van der Waals surface area contributed by atoms with E-state index < -0.39 is 59.2 Å². The van der Waals surface area contributed by atoms with Crippen LogP contribution in [0.3, 0.4) is 0 Å². The molecule has 33 heteroatoms. The van der Waals surface area contributed by atoms with Gasteiger partial charge < -0.3 is 96.5 Å². The number of aromatic nitrogens is 9. The summed E-state index contributed by atoms with van der Waals surface area (Å²) in [6.45, 7) is 2.94. The lowest BCUT2D eigenvalue weighted by Gasteiger charge is -2.11. The smallest absolute Gasteiger partial charge is 0.291 e.